The number of hydrogen-bond acceptors (Lipinski definition) is 3. The van der Waals surface area contributed by atoms with Gasteiger partial charge in [-0.2, -0.15) is 0 Å². The van der Waals surface area contributed by atoms with Crippen LogP contribution in [0.25, 0.3) is 0 Å². The van der Waals surface area contributed by atoms with Gasteiger partial charge in [0, 0.05) is 5.69 Å². The number of aromatic nitrogens is 2. The predicted octanol–water partition coefficient (Wildman–Crippen LogP) is 2.60. The third-order valence-corrected chi connectivity index (χ3v) is 4.88. The van der Waals surface area contributed by atoms with E-state index in [1.54, 1.807) is 7.11 Å². The van der Waals surface area contributed by atoms with Crippen molar-refractivity contribution in [3.63, 3.8) is 0 Å². The zero-order valence-electron chi connectivity index (χ0n) is 12.2. The van der Waals surface area contributed by atoms with Gasteiger partial charge in [0.1, 0.15) is 11.9 Å². The van der Waals surface area contributed by atoms with Crippen LogP contribution < -0.4 is 4.74 Å². The summed E-state index contributed by atoms with van der Waals surface area (Å²) in [6.07, 6.45) is 6.92. The Kier molecular flexibility index (Phi) is 3.00. The minimum Gasteiger partial charge on any atom is -0.497 e. The Morgan fingerprint density at radius 2 is 2.14 bits per heavy atom. The number of rotatable bonds is 2. The lowest BCUT2D eigenvalue weighted by Gasteiger charge is -2.21. The number of hydrogen-bond donors (Lipinski definition) is 1. The van der Waals surface area contributed by atoms with E-state index in [9.17, 15) is 5.11 Å². The van der Waals surface area contributed by atoms with Crippen molar-refractivity contribution in [2.75, 3.05) is 7.11 Å². The monoisotopic (exact) mass is 284 g/mol. The predicted molar refractivity (Wildman–Crippen MR) is 79.6 cm³/mol. The standard InChI is InChI=1S/C17H20N2O2/c1-21-12-7-6-11-8-16(17(20)13(11)9-12)19-10-18-14-4-2-3-5-15(14)19/h6-7,9-10,16-17,20H,2-5,8H2,1H3. The van der Waals surface area contributed by atoms with Crippen LogP contribution in [0.2, 0.25) is 0 Å². The summed E-state index contributed by atoms with van der Waals surface area (Å²) in [7, 11) is 1.66. The molecule has 21 heavy (non-hydrogen) atoms. The molecule has 4 rings (SSSR count). The van der Waals surface area contributed by atoms with Crippen molar-refractivity contribution in [1.29, 1.82) is 0 Å². The minimum atomic E-state index is -0.477. The van der Waals surface area contributed by atoms with E-state index in [2.05, 4.69) is 15.6 Å². The molecule has 1 aromatic heterocycles. The van der Waals surface area contributed by atoms with Crippen molar-refractivity contribution in [2.45, 2.75) is 44.2 Å². The fourth-order valence-corrected chi connectivity index (χ4v) is 3.73. The number of benzene rings is 1. The van der Waals surface area contributed by atoms with Gasteiger partial charge in [-0.3, -0.25) is 0 Å². The van der Waals surface area contributed by atoms with Crippen LogP contribution in [0.1, 0.15) is 47.5 Å². The molecule has 0 radical (unpaired) electrons. The van der Waals surface area contributed by atoms with Crippen molar-refractivity contribution < 1.29 is 9.84 Å². The molecule has 0 saturated heterocycles. The number of ether oxygens (including phenoxy) is 1. The summed E-state index contributed by atoms with van der Waals surface area (Å²) in [6.45, 7) is 0. The number of nitrogens with zero attached hydrogens (tertiary/aromatic N) is 2. The first-order valence-corrected chi connectivity index (χ1v) is 7.67. The normalized spacial score (nSPS) is 23.7. The Balaban J connectivity index is 1.70. The van der Waals surface area contributed by atoms with E-state index in [4.69, 9.17) is 4.74 Å². The van der Waals surface area contributed by atoms with Gasteiger partial charge in [0.25, 0.3) is 0 Å². The molecule has 0 spiro atoms. The Morgan fingerprint density at radius 1 is 1.29 bits per heavy atom. The van der Waals surface area contributed by atoms with Gasteiger partial charge in [-0.05, 0) is 55.4 Å². The molecular formula is C17H20N2O2. The molecule has 0 amide bonds. The summed E-state index contributed by atoms with van der Waals surface area (Å²) in [4.78, 5) is 4.56. The molecule has 4 heteroatoms. The molecule has 0 bridgehead atoms. The van der Waals surface area contributed by atoms with Gasteiger partial charge < -0.3 is 14.4 Å². The van der Waals surface area contributed by atoms with E-state index in [0.717, 1.165) is 30.6 Å². The smallest absolute Gasteiger partial charge is 0.119 e. The first-order valence-electron chi connectivity index (χ1n) is 7.67. The maximum absolute atomic E-state index is 10.7. The molecule has 4 nitrogen and oxygen atoms in total. The Hall–Kier alpha value is -1.81. The van der Waals surface area contributed by atoms with E-state index in [0.29, 0.717) is 0 Å². The molecule has 2 unspecified atom stereocenters. The van der Waals surface area contributed by atoms with Crippen LogP contribution in [-0.4, -0.2) is 21.8 Å². The van der Waals surface area contributed by atoms with Crippen LogP contribution in [0.5, 0.6) is 5.75 Å². The maximum atomic E-state index is 10.7. The lowest BCUT2D eigenvalue weighted by atomic mass is 10.0. The molecule has 0 fully saturated rings. The summed E-state index contributed by atoms with van der Waals surface area (Å²) in [5.74, 6) is 0.807. The molecule has 0 saturated carbocycles. The fraction of sp³-hybridized carbons (Fsp3) is 0.471. The minimum absolute atomic E-state index is 0.0708. The summed E-state index contributed by atoms with van der Waals surface area (Å²) in [6, 6.07) is 6.07. The van der Waals surface area contributed by atoms with Crippen LogP contribution in [0, 0.1) is 0 Å². The van der Waals surface area contributed by atoms with Crippen LogP contribution in [-0.2, 0) is 19.3 Å². The Labute approximate surface area is 124 Å². The molecule has 1 heterocycles. The lowest BCUT2D eigenvalue weighted by Crippen LogP contribution is -2.17. The van der Waals surface area contributed by atoms with Crippen LogP contribution >= 0.6 is 0 Å². The van der Waals surface area contributed by atoms with Crippen molar-refractivity contribution in [3.05, 3.63) is 47.0 Å². The van der Waals surface area contributed by atoms with E-state index in [-0.39, 0.29) is 6.04 Å². The topological polar surface area (TPSA) is 47.3 Å². The van der Waals surface area contributed by atoms with Crippen LogP contribution in [0.3, 0.4) is 0 Å². The highest BCUT2D eigenvalue weighted by molar-refractivity contribution is 5.41. The van der Waals surface area contributed by atoms with E-state index < -0.39 is 6.10 Å². The van der Waals surface area contributed by atoms with Gasteiger partial charge in [-0.25, -0.2) is 4.98 Å². The number of methoxy groups -OCH3 is 1. The number of aryl methyl sites for hydroxylation is 1. The summed E-state index contributed by atoms with van der Waals surface area (Å²) in [5, 5.41) is 10.7. The van der Waals surface area contributed by atoms with E-state index in [1.807, 2.05) is 18.5 Å². The third kappa shape index (κ3) is 1.97. The fourth-order valence-electron chi connectivity index (χ4n) is 3.73. The van der Waals surface area contributed by atoms with Crippen LogP contribution in [0.15, 0.2) is 24.5 Å². The number of fused-ring (bicyclic) bond motifs is 2. The van der Waals surface area contributed by atoms with Gasteiger partial charge in [0.15, 0.2) is 0 Å². The molecule has 1 aromatic carbocycles. The highest BCUT2D eigenvalue weighted by Gasteiger charge is 2.34. The molecule has 2 aliphatic rings. The number of aliphatic hydroxyl groups excluding tert-OH is 1. The summed E-state index contributed by atoms with van der Waals surface area (Å²) in [5.41, 5.74) is 4.76. The van der Waals surface area contributed by atoms with Crippen LogP contribution in [0.4, 0.5) is 0 Å². The van der Waals surface area contributed by atoms with Gasteiger partial charge in [-0.1, -0.05) is 6.07 Å². The molecule has 110 valence electrons. The molecule has 0 aliphatic heterocycles. The summed E-state index contributed by atoms with van der Waals surface area (Å²) < 4.78 is 7.49. The van der Waals surface area contributed by atoms with Crippen molar-refractivity contribution in [3.8, 4) is 5.75 Å². The molecular weight excluding hydrogens is 264 g/mol. The second kappa shape index (κ2) is 4.88. The molecule has 2 aliphatic carbocycles. The zero-order valence-corrected chi connectivity index (χ0v) is 12.2. The Bertz CT molecular complexity index is 677. The number of aliphatic hydroxyl groups is 1. The van der Waals surface area contributed by atoms with Crippen molar-refractivity contribution in [2.24, 2.45) is 0 Å². The largest absolute Gasteiger partial charge is 0.497 e. The maximum Gasteiger partial charge on any atom is 0.119 e. The molecule has 2 aromatic rings. The molecule has 2 atom stereocenters. The number of imidazole rings is 1. The first kappa shape index (κ1) is 12.9. The lowest BCUT2D eigenvalue weighted by molar-refractivity contribution is 0.125. The molecule has 1 N–H and O–H groups in total. The average Bonchev–Trinajstić information content (AvgIpc) is 3.08. The van der Waals surface area contributed by atoms with Gasteiger partial charge in [-0.15, -0.1) is 0 Å². The van der Waals surface area contributed by atoms with Crippen molar-refractivity contribution in [1.82, 2.24) is 9.55 Å². The average molecular weight is 284 g/mol. The second-order valence-corrected chi connectivity index (χ2v) is 6.03. The Morgan fingerprint density at radius 3 is 3.00 bits per heavy atom. The second-order valence-electron chi connectivity index (χ2n) is 6.03. The zero-order chi connectivity index (χ0) is 14.4. The van der Waals surface area contributed by atoms with Crippen molar-refractivity contribution >= 4 is 0 Å². The highest BCUT2D eigenvalue weighted by Crippen LogP contribution is 2.42. The van der Waals surface area contributed by atoms with Gasteiger partial charge in [0.2, 0.25) is 0 Å². The first-order chi connectivity index (χ1) is 10.3. The summed E-state index contributed by atoms with van der Waals surface area (Å²) >= 11 is 0. The van der Waals surface area contributed by atoms with Gasteiger partial charge in [0.05, 0.1) is 25.2 Å². The third-order valence-electron chi connectivity index (χ3n) is 4.88. The highest BCUT2D eigenvalue weighted by atomic mass is 16.5. The van der Waals surface area contributed by atoms with E-state index >= 15 is 0 Å². The van der Waals surface area contributed by atoms with E-state index in [1.165, 1.54) is 29.8 Å². The van der Waals surface area contributed by atoms with Gasteiger partial charge >= 0.3 is 0 Å². The quantitative estimate of drug-likeness (QED) is 0.922. The SMILES string of the molecule is COc1ccc2c(c1)C(O)C(n1cnc3c1CCCC3)C2.